The average molecular weight is 471 g/mol. The van der Waals surface area contributed by atoms with E-state index in [0.29, 0.717) is 26.1 Å². The number of benzene rings is 1. The van der Waals surface area contributed by atoms with Crippen molar-refractivity contribution < 1.29 is 14.3 Å². The summed E-state index contributed by atoms with van der Waals surface area (Å²) < 4.78 is 5.64. The molecule has 1 aromatic heterocycles. The molecule has 1 aromatic carbocycles. The fourth-order valence-electron chi connectivity index (χ4n) is 4.50. The number of piperazine rings is 1. The van der Waals surface area contributed by atoms with Gasteiger partial charge in [-0.2, -0.15) is 0 Å². The van der Waals surface area contributed by atoms with Crippen molar-refractivity contribution in [2.24, 2.45) is 5.92 Å². The van der Waals surface area contributed by atoms with Gasteiger partial charge in [-0.15, -0.1) is 11.3 Å². The van der Waals surface area contributed by atoms with Gasteiger partial charge in [0.15, 0.2) is 0 Å². The number of hydrogen-bond donors (Lipinski definition) is 0. The SMILES string of the molecule is CCc1nc(CN2CCN(C(=O)C3CCN(C(=O)CCOc4ccccc4)CC3)CC2)cs1. The molecule has 0 atom stereocenters. The second kappa shape index (κ2) is 11.6. The van der Waals surface area contributed by atoms with Gasteiger partial charge in [-0.1, -0.05) is 25.1 Å². The highest BCUT2D eigenvalue weighted by Crippen LogP contribution is 2.22. The zero-order valence-corrected chi connectivity index (χ0v) is 20.3. The molecule has 3 heterocycles. The number of likely N-dealkylation sites (tertiary alicyclic amines) is 1. The van der Waals surface area contributed by atoms with Gasteiger partial charge in [0, 0.05) is 57.1 Å². The first-order chi connectivity index (χ1) is 16.1. The Balaban J connectivity index is 1.14. The molecule has 2 amide bonds. The van der Waals surface area contributed by atoms with E-state index in [0.717, 1.165) is 63.4 Å². The number of thiazole rings is 1. The zero-order chi connectivity index (χ0) is 23.0. The molecule has 0 saturated carbocycles. The molecule has 0 unspecified atom stereocenters. The van der Waals surface area contributed by atoms with Crippen molar-refractivity contribution >= 4 is 23.2 Å². The van der Waals surface area contributed by atoms with Crippen LogP contribution >= 0.6 is 11.3 Å². The normalized spacial score (nSPS) is 17.8. The molecule has 178 valence electrons. The molecule has 8 heteroatoms. The lowest BCUT2D eigenvalue weighted by Crippen LogP contribution is -2.51. The number of carbonyl (C=O) groups is 2. The van der Waals surface area contributed by atoms with Crippen molar-refractivity contribution in [3.05, 3.63) is 46.4 Å². The molecule has 0 N–H and O–H groups in total. The molecular weight excluding hydrogens is 436 g/mol. The van der Waals surface area contributed by atoms with Gasteiger partial charge in [0.25, 0.3) is 0 Å². The molecule has 2 saturated heterocycles. The maximum absolute atomic E-state index is 13.0. The first-order valence-electron chi connectivity index (χ1n) is 12.0. The Kier molecular flexibility index (Phi) is 8.34. The van der Waals surface area contributed by atoms with Gasteiger partial charge >= 0.3 is 0 Å². The molecule has 2 aromatic rings. The van der Waals surface area contributed by atoms with Crippen molar-refractivity contribution in [1.29, 1.82) is 0 Å². The van der Waals surface area contributed by atoms with Gasteiger partial charge < -0.3 is 14.5 Å². The monoisotopic (exact) mass is 470 g/mol. The molecule has 4 rings (SSSR count). The van der Waals surface area contributed by atoms with Gasteiger partial charge in [-0.25, -0.2) is 4.98 Å². The minimum Gasteiger partial charge on any atom is -0.493 e. The van der Waals surface area contributed by atoms with Crippen molar-refractivity contribution in [3.63, 3.8) is 0 Å². The highest BCUT2D eigenvalue weighted by molar-refractivity contribution is 7.09. The second-order valence-electron chi connectivity index (χ2n) is 8.75. The van der Waals surface area contributed by atoms with Gasteiger partial charge in [0.2, 0.25) is 11.8 Å². The van der Waals surface area contributed by atoms with Crippen LogP contribution in [-0.4, -0.2) is 77.4 Å². The highest BCUT2D eigenvalue weighted by atomic mass is 32.1. The van der Waals surface area contributed by atoms with Crippen LogP contribution in [0.4, 0.5) is 0 Å². The molecule has 2 aliphatic heterocycles. The van der Waals surface area contributed by atoms with E-state index in [1.807, 2.05) is 40.1 Å². The Bertz CT molecular complexity index is 903. The number of rotatable bonds is 8. The van der Waals surface area contributed by atoms with E-state index in [4.69, 9.17) is 4.74 Å². The van der Waals surface area contributed by atoms with E-state index in [-0.39, 0.29) is 17.7 Å². The second-order valence-corrected chi connectivity index (χ2v) is 9.70. The minimum absolute atomic E-state index is 0.0341. The Hall–Kier alpha value is -2.45. The fraction of sp³-hybridized carbons (Fsp3) is 0.560. The van der Waals surface area contributed by atoms with Crippen molar-refractivity contribution in [3.8, 4) is 5.75 Å². The van der Waals surface area contributed by atoms with E-state index in [2.05, 4.69) is 22.2 Å². The van der Waals surface area contributed by atoms with E-state index in [9.17, 15) is 9.59 Å². The topological polar surface area (TPSA) is 66.0 Å². The van der Waals surface area contributed by atoms with E-state index in [1.54, 1.807) is 11.3 Å². The lowest BCUT2D eigenvalue weighted by molar-refractivity contribution is -0.142. The van der Waals surface area contributed by atoms with Crippen LogP contribution in [0.3, 0.4) is 0 Å². The Morgan fingerprint density at radius 2 is 1.76 bits per heavy atom. The molecule has 0 bridgehead atoms. The first kappa shape index (κ1) is 23.7. The van der Waals surface area contributed by atoms with Crippen LogP contribution < -0.4 is 4.74 Å². The van der Waals surface area contributed by atoms with E-state index >= 15 is 0 Å². The number of piperidine rings is 1. The third kappa shape index (κ3) is 6.54. The number of nitrogens with zero attached hydrogens (tertiary/aromatic N) is 4. The average Bonchev–Trinajstić information content (AvgIpc) is 3.32. The number of hydrogen-bond acceptors (Lipinski definition) is 6. The number of carbonyl (C=O) groups excluding carboxylic acids is 2. The third-order valence-corrected chi connectivity index (χ3v) is 7.54. The zero-order valence-electron chi connectivity index (χ0n) is 19.4. The summed E-state index contributed by atoms with van der Waals surface area (Å²) >= 11 is 1.73. The van der Waals surface area contributed by atoms with Crippen LogP contribution in [0.15, 0.2) is 35.7 Å². The van der Waals surface area contributed by atoms with Crippen molar-refractivity contribution in [2.45, 2.75) is 39.2 Å². The van der Waals surface area contributed by atoms with Crippen molar-refractivity contribution in [1.82, 2.24) is 19.7 Å². The van der Waals surface area contributed by atoms with Gasteiger partial charge in [-0.3, -0.25) is 14.5 Å². The molecule has 2 aliphatic rings. The molecule has 0 spiro atoms. The quantitative estimate of drug-likeness (QED) is 0.593. The lowest BCUT2D eigenvalue weighted by atomic mass is 9.94. The maximum atomic E-state index is 13.0. The number of para-hydroxylation sites is 1. The Morgan fingerprint density at radius 3 is 2.42 bits per heavy atom. The summed E-state index contributed by atoms with van der Waals surface area (Å²) in [6.45, 7) is 8.04. The molecule has 7 nitrogen and oxygen atoms in total. The summed E-state index contributed by atoms with van der Waals surface area (Å²) in [5, 5.41) is 3.34. The van der Waals surface area contributed by atoms with Crippen molar-refractivity contribution in [2.75, 3.05) is 45.9 Å². The first-order valence-corrected chi connectivity index (χ1v) is 12.9. The van der Waals surface area contributed by atoms with Crippen LogP contribution in [0.5, 0.6) is 5.75 Å². The summed E-state index contributed by atoms with van der Waals surface area (Å²) in [6, 6.07) is 9.56. The Labute approximate surface area is 200 Å². The molecule has 0 aliphatic carbocycles. The molecule has 33 heavy (non-hydrogen) atoms. The predicted molar refractivity (Wildman–Crippen MR) is 129 cm³/mol. The highest BCUT2D eigenvalue weighted by Gasteiger charge is 2.31. The standard InChI is InChI=1S/C25H34N4O3S/c1-2-23-26-21(19-33-23)18-27-13-15-29(16-14-27)25(31)20-8-11-28(12-9-20)24(30)10-17-32-22-6-4-3-5-7-22/h3-7,19-20H,2,8-18H2,1H3. The lowest BCUT2D eigenvalue weighted by Gasteiger charge is -2.38. The number of aromatic nitrogens is 1. The van der Waals surface area contributed by atoms with E-state index in [1.165, 1.54) is 5.01 Å². The summed E-state index contributed by atoms with van der Waals surface area (Å²) in [5.41, 5.74) is 1.14. The number of amides is 2. The summed E-state index contributed by atoms with van der Waals surface area (Å²) in [6.07, 6.45) is 2.86. The van der Waals surface area contributed by atoms with Crippen LogP contribution in [0.1, 0.15) is 36.9 Å². The predicted octanol–water partition coefficient (Wildman–Crippen LogP) is 3.06. The molecule has 0 radical (unpaired) electrons. The van der Waals surface area contributed by atoms with E-state index < -0.39 is 0 Å². The van der Waals surface area contributed by atoms with Crippen LogP contribution in [0.2, 0.25) is 0 Å². The van der Waals surface area contributed by atoms with Crippen LogP contribution in [0, 0.1) is 5.92 Å². The fourth-order valence-corrected chi connectivity index (χ4v) is 5.24. The largest absolute Gasteiger partial charge is 0.493 e. The van der Waals surface area contributed by atoms with Crippen LogP contribution in [0.25, 0.3) is 0 Å². The number of ether oxygens (including phenoxy) is 1. The van der Waals surface area contributed by atoms with Crippen LogP contribution in [-0.2, 0) is 22.6 Å². The van der Waals surface area contributed by atoms with Gasteiger partial charge in [0.05, 0.1) is 23.7 Å². The summed E-state index contributed by atoms with van der Waals surface area (Å²) in [4.78, 5) is 36.5. The Morgan fingerprint density at radius 1 is 1.03 bits per heavy atom. The minimum atomic E-state index is 0.0341. The molecular formula is C25H34N4O3S. The van der Waals surface area contributed by atoms with Gasteiger partial charge in [-0.05, 0) is 31.4 Å². The molecule has 2 fully saturated rings. The number of aryl methyl sites for hydroxylation is 1. The van der Waals surface area contributed by atoms with Gasteiger partial charge in [0.1, 0.15) is 5.75 Å². The summed E-state index contributed by atoms with van der Waals surface area (Å²) in [5.74, 6) is 1.19. The third-order valence-electron chi connectivity index (χ3n) is 6.50. The summed E-state index contributed by atoms with van der Waals surface area (Å²) in [7, 11) is 0. The maximum Gasteiger partial charge on any atom is 0.225 e. The smallest absolute Gasteiger partial charge is 0.225 e.